The highest BCUT2D eigenvalue weighted by molar-refractivity contribution is 5.86. The van der Waals surface area contributed by atoms with E-state index in [2.05, 4.69) is 11.4 Å². The van der Waals surface area contributed by atoms with Crippen molar-refractivity contribution in [2.24, 2.45) is 5.41 Å². The molecule has 0 saturated heterocycles. The van der Waals surface area contributed by atoms with Crippen LogP contribution in [-0.4, -0.2) is 23.2 Å². The van der Waals surface area contributed by atoms with E-state index in [0.717, 1.165) is 38.5 Å². The number of aliphatic hydroxyl groups excluding tert-OH is 1. The molecule has 4 nitrogen and oxygen atoms in total. The molecule has 2 aliphatic rings. The number of hydrogen-bond acceptors (Lipinski definition) is 3. The summed E-state index contributed by atoms with van der Waals surface area (Å²) in [6, 6.07) is 2.24. The van der Waals surface area contributed by atoms with Crippen LogP contribution in [0.15, 0.2) is 0 Å². The molecule has 94 valence electrons. The van der Waals surface area contributed by atoms with E-state index >= 15 is 0 Å². The zero-order valence-corrected chi connectivity index (χ0v) is 10.2. The van der Waals surface area contributed by atoms with Gasteiger partial charge in [0.05, 0.1) is 18.2 Å². The molecule has 2 aliphatic carbocycles. The highest BCUT2D eigenvalue weighted by atomic mass is 16.3. The first-order chi connectivity index (χ1) is 8.16. The van der Waals surface area contributed by atoms with Gasteiger partial charge in [0.15, 0.2) is 0 Å². The summed E-state index contributed by atoms with van der Waals surface area (Å²) >= 11 is 0. The van der Waals surface area contributed by atoms with Crippen LogP contribution in [0, 0.1) is 16.7 Å². The number of carbonyl (C=O) groups is 1. The number of hydrogen-bond donors (Lipinski definition) is 2. The van der Waals surface area contributed by atoms with E-state index in [9.17, 15) is 15.2 Å². The molecule has 4 heteroatoms. The molecular formula is C13H20N2O2. The Morgan fingerprint density at radius 2 is 1.76 bits per heavy atom. The molecule has 0 radical (unpaired) electrons. The van der Waals surface area contributed by atoms with E-state index in [-0.39, 0.29) is 12.5 Å². The van der Waals surface area contributed by atoms with Gasteiger partial charge in [-0.2, -0.15) is 5.26 Å². The van der Waals surface area contributed by atoms with Gasteiger partial charge < -0.3 is 10.4 Å². The smallest absolute Gasteiger partial charge is 0.240 e. The molecule has 0 aromatic carbocycles. The zero-order chi connectivity index (χ0) is 12.4. The molecule has 1 amide bonds. The van der Waals surface area contributed by atoms with Crippen LogP contribution in [0.2, 0.25) is 0 Å². The van der Waals surface area contributed by atoms with Gasteiger partial charge in [-0.1, -0.05) is 25.7 Å². The number of nitrogens with one attached hydrogen (secondary N) is 1. The van der Waals surface area contributed by atoms with Crippen LogP contribution in [0.1, 0.15) is 51.4 Å². The van der Waals surface area contributed by atoms with Gasteiger partial charge in [-0.25, -0.2) is 0 Å². The van der Waals surface area contributed by atoms with Crippen LogP contribution in [0.25, 0.3) is 0 Å². The van der Waals surface area contributed by atoms with Gasteiger partial charge in [-0.15, -0.1) is 0 Å². The first kappa shape index (κ1) is 12.4. The lowest BCUT2D eigenvalue weighted by Crippen LogP contribution is -2.47. The quantitative estimate of drug-likeness (QED) is 0.729. The highest BCUT2D eigenvalue weighted by Crippen LogP contribution is 2.39. The van der Waals surface area contributed by atoms with E-state index in [1.54, 1.807) is 0 Å². The second kappa shape index (κ2) is 4.66. The van der Waals surface area contributed by atoms with Gasteiger partial charge in [0.2, 0.25) is 5.91 Å². The monoisotopic (exact) mass is 236 g/mol. The number of amides is 1. The molecule has 0 aliphatic heterocycles. The molecule has 0 unspecified atom stereocenters. The maximum Gasteiger partial charge on any atom is 0.240 e. The molecule has 17 heavy (non-hydrogen) atoms. The Hall–Kier alpha value is -1.08. The number of aliphatic hydroxyl groups is 1. The molecule has 2 fully saturated rings. The summed E-state index contributed by atoms with van der Waals surface area (Å²) in [7, 11) is 0. The maximum atomic E-state index is 12.3. The van der Waals surface area contributed by atoms with Gasteiger partial charge in [0.25, 0.3) is 0 Å². The summed E-state index contributed by atoms with van der Waals surface area (Å²) in [5, 5.41) is 21.5. The van der Waals surface area contributed by atoms with Crippen molar-refractivity contribution < 1.29 is 9.90 Å². The third kappa shape index (κ3) is 2.44. The van der Waals surface area contributed by atoms with Gasteiger partial charge >= 0.3 is 0 Å². The SMILES string of the molecule is N#CC1(C(=O)NC2(CO)CC2)CCCCCC1. The zero-order valence-electron chi connectivity index (χ0n) is 10.2. The van der Waals surface area contributed by atoms with Crippen molar-refractivity contribution in [3.63, 3.8) is 0 Å². The summed E-state index contributed by atoms with van der Waals surface area (Å²) in [5.41, 5.74) is -1.26. The lowest BCUT2D eigenvalue weighted by molar-refractivity contribution is -0.130. The molecule has 0 bridgehead atoms. The van der Waals surface area contributed by atoms with Crippen LogP contribution in [0.5, 0.6) is 0 Å². The highest BCUT2D eigenvalue weighted by Gasteiger charge is 2.48. The third-order valence-electron chi connectivity index (χ3n) is 4.14. The second-order valence-electron chi connectivity index (χ2n) is 5.50. The van der Waals surface area contributed by atoms with E-state index in [1.165, 1.54) is 0 Å². The van der Waals surface area contributed by atoms with Gasteiger partial charge in [-0.05, 0) is 25.7 Å². The summed E-state index contributed by atoms with van der Waals surface area (Å²) < 4.78 is 0. The summed E-state index contributed by atoms with van der Waals surface area (Å²) in [4.78, 5) is 12.3. The Labute approximate surface area is 102 Å². The minimum Gasteiger partial charge on any atom is -0.394 e. The number of nitriles is 1. The van der Waals surface area contributed by atoms with Crippen molar-refractivity contribution in [1.82, 2.24) is 5.32 Å². The molecule has 2 saturated carbocycles. The fourth-order valence-electron chi connectivity index (χ4n) is 2.56. The lowest BCUT2D eigenvalue weighted by atomic mass is 9.80. The summed E-state index contributed by atoms with van der Waals surface area (Å²) in [5.74, 6) is -0.159. The largest absolute Gasteiger partial charge is 0.394 e. The minimum atomic E-state index is -0.846. The molecule has 0 atom stereocenters. The van der Waals surface area contributed by atoms with E-state index in [4.69, 9.17) is 0 Å². The first-order valence-electron chi connectivity index (χ1n) is 6.51. The molecular weight excluding hydrogens is 216 g/mol. The molecule has 2 N–H and O–H groups in total. The fourth-order valence-corrected chi connectivity index (χ4v) is 2.56. The average Bonchev–Trinajstić information content (AvgIpc) is 3.12. The van der Waals surface area contributed by atoms with Gasteiger partial charge in [-0.3, -0.25) is 4.79 Å². The summed E-state index contributed by atoms with van der Waals surface area (Å²) in [6.07, 6.45) is 7.12. The standard InChI is InChI=1S/C13H20N2O2/c14-9-12(5-3-1-2-4-6-12)11(17)15-13(10-16)7-8-13/h16H,1-8,10H2,(H,15,17). The molecule has 0 aromatic heterocycles. The van der Waals surface area contributed by atoms with Crippen LogP contribution < -0.4 is 5.32 Å². The second-order valence-corrected chi connectivity index (χ2v) is 5.50. The fraction of sp³-hybridized carbons (Fsp3) is 0.846. The van der Waals surface area contributed by atoms with Crippen molar-refractivity contribution in [3.8, 4) is 6.07 Å². The first-order valence-corrected chi connectivity index (χ1v) is 6.51. The van der Waals surface area contributed by atoms with Crippen LogP contribution in [0.3, 0.4) is 0 Å². The third-order valence-corrected chi connectivity index (χ3v) is 4.14. The van der Waals surface area contributed by atoms with Gasteiger partial charge in [0, 0.05) is 0 Å². The van der Waals surface area contributed by atoms with Crippen molar-refractivity contribution >= 4 is 5.91 Å². The molecule has 2 rings (SSSR count). The Morgan fingerprint density at radius 3 is 2.18 bits per heavy atom. The normalized spacial score (nSPS) is 25.4. The number of nitrogens with zero attached hydrogens (tertiary/aromatic N) is 1. The van der Waals surface area contributed by atoms with Crippen molar-refractivity contribution in [2.45, 2.75) is 56.9 Å². The van der Waals surface area contributed by atoms with Crippen molar-refractivity contribution in [1.29, 1.82) is 5.26 Å². The average molecular weight is 236 g/mol. The molecule has 0 spiro atoms. The van der Waals surface area contributed by atoms with Crippen LogP contribution in [-0.2, 0) is 4.79 Å². The summed E-state index contributed by atoms with van der Waals surface area (Å²) in [6.45, 7) is -0.0136. The van der Waals surface area contributed by atoms with E-state index in [1.807, 2.05) is 0 Å². The van der Waals surface area contributed by atoms with E-state index < -0.39 is 11.0 Å². The Balaban J connectivity index is 2.06. The minimum absolute atomic E-state index is 0.0136. The maximum absolute atomic E-state index is 12.3. The van der Waals surface area contributed by atoms with Crippen LogP contribution in [0.4, 0.5) is 0 Å². The van der Waals surface area contributed by atoms with Crippen LogP contribution >= 0.6 is 0 Å². The van der Waals surface area contributed by atoms with E-state index in [0.29, 0.717) is 12.8 Å². The molecule has 0 heterocycles. The predicted molar refractivity (Wildman–Crippen MR) is 62.9 cm³/mol. The Kier molecular flexibility index (Phi) is 3.39. The van der Waals surface area contributed by atoms with Gasteiger partial charge in [0.1, 0.15) is 5.41 Å². The Bertz CT molecular complexity index is 334. The Morgan fingerprint density at radius 1 is 1.18 bits per heavy atom. The number of rotatable bonds is 3. The lowest BCUT2D eigenvalue weighted by Gasteiger charge is -2.26. The topological polar surface area (TPSA) is 73.1 Å². The van der Waals surface area contributed by atoms with Crippen molar-refractivity contribution in [3.05, 3.63) is 0 Å². The molecule has 0 aromatic rings. The van der Waals surface area contributed by atoms with Crippen molar-refractivity contribution in [2.75, 3.05) is 6.61 Å². The predicted octanol–water partition coefficient (Wildman–Crippen LogP) is 1.49. The number of carbonyl (C=O) groups excluding carboxylic acids is 1.